The number of carbonyl (C=O) groups excluding carboxylic acids is 1. The van der Waals surface area contributed by atoms with Gasteiger partial charge >= 0.3 is 0 Å². The zero-order valence-corrected chi connectivity index (χ0v) is 12.7. The van der Waals surface area contributed by atoms with Gasteiger partial charge in [0.25, 0.3) is 0 Å². The zero-order valence-electron chi connectivity index (χ0n) is 12.7. The first-order chi connectivity index (χ1) is 9.77. The Morgan fingerprint density at radius 3 is 2.70 bits per heavy atom. The van der Waals surface area contributed by atoms with E-state index in [1.807, 2.05) is 6.07 Å². The summed E-state index contributed by atoms with van der Waals surface area (Å²) in [6, 6.07) is 10.5. The number of rotatable bonds is 6. The highest BCUT2D eigenvalue weighted by atomic mass is 16.2. The Kier molecular flexibility index (Phi) is 5.63. The van der Waals surface area contributed by atoms with Crippen LogP contribution in [0.25, 0.3) is 0 Å². The van der Waals surface area contributed by atoms with E-state index >= 15 is 0 Å². The molecule has 110 valence electrons. The van der Waals surface area contributed by atoms with Crippen LogP contribution in [-0.4, -0.2) is 12.5 Å². The van der Waals surface area contributed by atoms with Crippen LogP contribution in [0.2, 0.25) is 0 Å². The lowest BCUT2D eigenvalue weighted by molar-refractivity contribution is -0.131. The summed E-state index contributed by atoms with van der Waals surface area (Å²) in [7, 11) is 0. The summed E-state index contributed by atoms with van der Waals surface area (Å²) in [5.41, 5.74) is 1.12. The van der Waals surface area contributed by atoms with Crippen LogP contribution in [0.15, 0.2) is 30.3 Å². The molecule has 1 saturated heterocycles. The first-order valence-electron chi connectivity index (χ1n) is 8.09. The molecule has 1 aliphatic rings. The third kappa shape index (κ3) is 3.84. The van der Waals surface area contributed by atoms with Crippen molar-refractivity contribution in [1.29, 1.82) is 0 Å². The van der Waals surface area contributed by atoms with E-state index in [4.69, 9.17) is 0 Å². The van der Waals surface area contributed by atoms with E-state index in [-0.39, 0.29) is 11.3 Å². The Morgan fingerprint density at radius 2 is 1.95 bits per heavy atom. The maximum Gasteiger partial charge on any atom is 0.226 e. The number of unbranched alkanes of at least 4 members (excludes halogenated alkanes) is 2. The summed E-state index contributed by atoms with van der Waals surface area (Å²) in [6.45, 7) is 3.07. The van der Waals surface area contributed by atoms with Gasteiger partial charge in [-0.1, -0.05) is 62.9 Å². The highest BCUT2D eigenvalue weighted by Crippen LogP contribution is 2.36. The molecule has 1 unspecified atom stereocenters. The normalized spacial score (nSPS) is 23.1. The average molecular weight is 273 g/mol. The lowest BCUT2D eigenvalue weighted by Crippen LogP contribution is -2.41. The van der Waals surface area contributed by atoms with E-state index in [9.17, 15) is 4.79 Å². The van der Waals surface area contributed by atoms with Gasteiger partial charge in [-0.15, -0.1) is 0 Å². The minimum absolute atomic E-state index is 0.174. The second kappa shape index (κ2) is 7.47. The molecular formula is C18H27NO. The van der Waals surface area contributed by atoms with E-state index in [0.29, 0.717) is 0 Å². The Balaban J connectivity index is 2.15. The smallest absolute Gasteiger partial charge is 0.226 e. The number of amides is 1. The SMILES string of the molecule is CCCCCC1(Cc2ccccc2)CCCCNC1=O. The summed E-state index contributed by atoms with van der Waals surface area (Å²) in [6.07, 6.45) is 8.85. The molecule has 1 aromatic carbocycles. The lowest BCUT2D eigenvalue weighted by Gasteiger charge is -2.31. The van der Waals surface area contributed by atoms with Gasteiger partial charge < -0.3 is 5.32 Å². The van der Waals surface area contributed by atoms with Crippen LogP contribution in [0.3, 0.4) is 0 Å². The molecule has 20 heavy (non-hydrogen) atoms. The molecule has 0 bridgehead atoms. The molecule has 2 rings (SSSR count). The van der Waals surface area contributed by atoms with Gasteiger partial charge in [0.2, 0.25) is 5.91 Å². The molecule has 1 aromatic rings. The molecule has 0 spiro atoms. The standard InChI is InChI=1S/C18H27NO/c1-2-3-7-12-18(13-8-9-14-19-17(18)20)15-16-10-5-4-6-11-16/h4-6,10-11H,2-3,7-9,12-15H2,1H3,(H,19,20). The number of hydrogen-bond acceptors (Lipinski definition) is 1. The Labute approximate surface area is 123 Å². The lowest BCUT2D eigenvalue weighted by atomic mass is 9.73. The van der Waals surface area contributed by atoms with Gasteiger partial charge in [0.1, 0.15) is 0 Å². The minimum Gasteiger partial charge on any atom is -0.356 e. The van der Waals surface area contributed by atoms with E-state index < -0.39 is 0 Å². The van der Waals surface area contributed by atoms with Crippen LogP contribution in [-0.2, 0) is 11.2 Å². The fraction of sp³-hybridized carbons (Fsp3) is 0.611. The van der Waals surface area contributed by atoms with Gasteiger partial charge in [0, 0.05) is 6.54 Å². The van der Waals surface area contributed by atoms with E-state index in [1.54, 1.807) is 0 Å². The van der Waals surface area contributed by atoms with Crippen LogP contribution in [0.4, 0.5) is 0 Å². The van der Waals surface area contributed by atoms with Crippen LogP contribution < -0.4 is 5.32 Å². The molecule has 1 heterocycles. The molecule has 2 heteroatoms. The first-order valence-corrected chi connectivity index (χ1v) is 8.09. The van der Waals surface area contributed by atoms with Crippen molar-refractivity contribution in [3.63, 3.8) is 0 Å². The molecule has 0 saturated carbocycles. The summed E-state index contributed by atoms with van der Waals surface area (Å²) in [5, 5.41) is 3.14. The average Bonchev–Trinajstić information content (AvgIpc) is 2.64. The third-order valence-electron chi connectivity index (χ3n) is 4.49. The fourth-order valence-electron chi connectivity index (χ4n) is 3.29. The topological polar surface area (TPSA) is 29.1 Å². The monoisotopic (exact) mass is 273 g/mol. The Hall–Kier alpha value is -1.31. The van der Waals surface area contributed by atoms with Crippen molar-refractivity contribution in [3.8, 4) is 0 Å². The minimum atomic E-state index is -0.174. The number of carbonyl (C=O) groups is 1. The van der Waals surface area contributed by atoms with Crippen molar-refractivity contribution >= 4 is 5.91 Å². The molecule has 1 aliphatic heterocycles. The molecule has 1 fully saturated rings. The maximum absolute atomic E-state index is 12.6. The molecule has 0 radical (unpaired) electrons. The Bertz CT molecular complexity index is 415. The van der Waals surface area contributed by atoms with E-state index in [0.717, 1.165) is 45.1 Å². The Morgan fingerprint density at radius 1 is 1.15 bits per heavy atom. The molecule has 0 aliphatic carbocycles. The molecule has 1 amide bonds. The number of benzene rings is 1. The third-order valence-corrected chi connectivity index (χ3v) is 4.49. The van der Waals surface area contributed by atoms with Crippen molar-refractivity contribution in [1.82, 2.24) is 5.32 Å². The predicted octanol–water partition coefficient (Wildman–Crippen LogP) is 4.10. The van der Waals surface area contributed by atoms with Crippen LogP contribution in [0.5, 0.6) is 0 Å². The van der Waals surface area contributed by atoms with Crippen LogP contribution >= 0.6 is 0 Å². The second-order valence-electron chi connectivity index (χ2n) is 6.11. The predicted molar refractivity (Wildman–Crippen MR) is 83.6 cm³/mol. The molecular weight excluding hydrogens is 246 g/mol. The van der Waals surface area contributed by atoms with Gasteiger partial charge in [0.05, 0.1) is 5.41 Å². The molecule has 0 aromatic heterocycles. The van der Waals surface area contributed by atoms with Gasteiger partial charge in [-0.3, -0.25) is 4.79 Å². The van der Waals surface area contributed by atoms with Gasteiger partial charge in [0.15, 0.2) is 0 Å². The van der Waals surface area contributed by atoms with Gasteiger partial charge in [-0.2, -0.15) is 0 Å². The fourth-order valence-corrected chi connectivity index (χ4v) is 3.29. The van der Waals surface area contributed by atoms with Crippen molar-refractivity contribution < 1.29 is 4.79 Å². The number of hydrogen-bond donors (Lipinski definition) is 1. The maximum atomic E-state index is 12.6. The van der Waals surface area contributed by atoms with Crippen molar-refractivity contribution in [2.45, 2.75) is 58.3 Å². The summed E-state index contributed by atoms with van der Waals surface area (Å²) in [4.78, 5) is 12.6. The largest absolute Gasteiger partial charge is 0.356 e. The molecule has 1 atom stereocenters. The first kappa shape index (κ1) is 15.1. The second-order valence-corrected chi connectivity index (χ2v) is 6.11. The van der Waals surface area contributed by atoms with Crippen LogP contribution in [0.1, 0.15) is 57.4 Å². The van der Waals surface area contributed by atoms with Gasteiger partial charge in [-0.05, 0) is 31.2 Å². The highest BCUT2D eigenvalue weighted by molar-refractivity contribution is 5.83. The summed E-state index contributed by atoms with van der Waals surface area (Å²) >= 11 is 0. The van der Waals surface area contributed by atoms with Crippen molar-refractivity contribution in [3.05, 3.63) is 35.9 Å². The molecule has 1 N–H and O–H groups in total. The summed E-state index contributed by atoms with van der Waals surface area (Å²) < 4.78 is 0. The zero-order chi connectivity index (χ0) is 14.3. The highest BCUT2D eigenvalue weighted by Gasteiger charge is 2.38. The van der Waals surface area contributed by atoms with Crippen molar-refractivity contribution in [2.24, 2.45) is 5.41 Å². The quantitative estimate of drug-likeness (QED) is 0.777. The van der Waals surface area contributed by atoms with E-state index in [1.165, 1.54) is 18.4 Å². The molecule has 2 nitrogen and oxygen atoms in total. The van der Waals surface area contributed by atoms with Crippen molar-refractivity contribution in [2.75, 3.05) is 6.54 Å². The van der Waals surface area contributed by atoms with Crippen LogP contribution in [0, 0.1) is 5.41 Å². The van der Waals surface area contributed by atoms with E-state index in [2.05, 4.69) is 36.5 Å². The summed E-state index contributed by atoms with van der Waals surface area (Å²) in [5.74, 6) is 0.287. The van der Waals surface area contributed by atoms with Gasteiger partial charge in [-0.25, -0.2) is 0 Å². The number of nitrogens with one attached hydrogen (secondary N) is 1.